The van der Waals surface area contributed by atoms with Crippen molar-refractivity contribution < 1.29 is 5.11 Å². The summed E-state index contributed by atoms with van der Waals surface area (Å²) in [4.78, 5) is 2.34. The largest absolute Gasteiger partial charge is 0.391 e. The second-order valence-electron chi connectivity index (χ2n) is 7.66. The Bertz CT molecular complexity index is 283. The van der Waals surface area contributed by atoms with Crippen LogP contribution in [0.15, 0.2) is 0 Å². The maximum absolute atomic E-state index is 11.1. The van der Waals surface area contributed by atoms with Gasteiger partial charge in [0.15, 0.2) is 0 Å². The van der Waals surface area contributed by atoms with Crippen LogP contribution in [0.5, 0.6) is 0 Å². The summed E-state index contributed by atoms with van der Waals surface area (Å²) in [7, 11) is 4.35. The zero-order valence-corrected chi connectivity index (χ0v) is 13.4. The molecule has 0 aromatic rings. The average Bonchev–Trinajstić information content (AvgIpc) is 2.38. The Morgan fingerprint density at radius 1 is 1.00 bits per heavy atom. The van der Waals surface area contributed by atoms with E-state index in [4.69, 9.17) is 0 Å². The number of aliphatic hydroxyl groups excluding tert-OH is 1. The molecular weight excluding hydrogens is 234 g/mol. The number of aliphatic hydroxyl groups is 1. The SMILES string of the molecule is CC1CCC(C(O)C2(N(C)C)CCCC(C)C2)CC1. The van der Waals surface area contributed by atoms with Crippen LogP contribution in [-0.4, -0.2) is 35.7 Å². The Morgan fingerprint density at radius 3 is 2.16 bits per heavy atom. The van der Waals surface area contributed by atoms with Gasteiger partial charge < -0.3 is 10.0 Å². The van der Waals surface area contributed by atoms with Gasteiger partial charge in [-0.25, -0.2) is 0 Å². The van der Waals surface area contributed by atoms with Gasteiger partial charge in [0.2, 0.25) is 0 Å². The first-order valence-electron chi connectivity index (χ1n) is 8.31. The Kier molecular flexibility index (Phi) is 4.94. The molecule has 2 aliphatic rings. The Labute approximate surface area is 119 Å². The zero-order chi connectivity index (χ0) is 14.0. The first-order valence-corrected chi connectivity index (χ1v) is 8.31. The lowest BCUT2D eigenvalue weighted by Gasteiger charge is -2.51. The molecule has 2 saturated carbocycles. The predicted octanol–water partition coefficient (Wildman–Crippen LogP) is 3.68. The summed E-state index contributed by atoms with van der Waals surface area (Å²) in [5.74, 6) is 2.15. The summed E-state index contributed by atoms with van der Waals surface area (Å²) < 4.78 is 0. The fourth-order valence-electron chi connectivity index (χ4n) is 4.54. The van der Waals surface area contributed by atoms with E-state index in [2.05, 4.69) is 32.8 Å². The third-order valence-corrected chi connectivity index (χ3v) is 5.96. The molecule has 19 heavy (non-hydrogen) atoms. The molecule has 0 spiro atoms. The van der Waals surface area contributed by atoms with E-state index in [1.807, 2.05) is 0 Å². The molecule has 2 fully saturated rings. The number of likely N-dealkylation sites (N-methyl/N-ethyl adjacent to an activating group) is 1. The second kappa shape index (κ2) is 6.13. The van der Waals surface area contributed by atoms with E-state index < -0.39 is 0 Å². The van der Waals surface area contributed by atoms with E-state index in [0.29, 0.717) is 5.92 Å². The van der Waals surface area contributed by atoms with Crippen molar-refractivity contribution in [1.29, 1.82) is 0 Å². The molecule has 0 radical (unpaired) electrons. The minimum atomic E-state index is -0.127. The molecule has 1 N–H and O–H groups in total. The van der Waals surface area contributed by atoms with Crippen LogP contribution in [0.3, 0.4) is 0 Å². The molecule has 2 nitrogen and oxygen atoms in total. The topological polar surface area (TPSA) is 23.5 Å². The van der Waals surface area contributed by atoms with E-state index in [0.717, 1.165) is 11.8 Å². The highest BCUT2D eigenvalue weighted by Gasteiger charge is 2.46. The average molecular weight is 267 g/mol. The number of hydrogen-bond donors (Lipinski definition) is 1. The lowest BCUT2D eigenvalue weighted by atomic mass is 9.66. The minimum Gasteiger partial charge on any atom is -0.391 e. The van der Waals surface area contributed by atoms with Crippen molar-refractivity contribution in [1.82, 2.24) is 4.90 Å². The van der Waals surface area contributed by atoms with Crippen LogP contribution in [0.25, 0.3) is 0 Å². The summed E-state index contributed by atoms with van der Waals surface area (Å²) in [5, 5.41) is 11.1. The third kappa shape index (κ3) is 3.16. The van der Waals surface area contributed by atoms with Crippen molar-refractivity contribution in [3.8, 4) is 0 Å². The lowest BCUT2D eigenvalue weighted by Crippen LogP contribution is -2.58. The molecule has 0 amide bonds. The van der Waals surface area contributed by atoms with Crippen LogP contribution < -0.4 is 0 Å². The van der Waals surface area contributed by atoms with Gasteiger partial charge in [0, 0.05) is 5.54 Å². The standard InChI is InChI=1S/C17H33NO/c1-13-7-9-15(10-8-13)16(19)17(18(3)4)11-5-6-14(2)12-17/h13-16,19H,5-12H2,1-4H3. The van der Waals surface area contributed by atoms with Crippen LogP contribution >= 0.6 is 0 Å². The van der Waals surface area contributed by atoms with E-state index in [1.54, 1.807) is 0 Å². The number of hydrogen-bond acceptors (Lipinski definition) is 2. The van der Waals surface area contributed by atoms with Gasteiger partial charge in [-0.1, -0.05) is 39.5 Å². The van der Waals surface area contributed by atoms with Crippen molar-refractivity contribution in [2.45, 2.75) is 76.9 Å². The van der Waals surface area contributed by atoms with Gasteiger partial charge in [-0.3, -0.25) is 0 Å². The predicted molar refractivity (Wildman–Crippen MR) is 81.2 cm³/mol. The Balaban J connectivity index is 2.10. The van der Waals surface area contributed by atoms with Gasteiger partial charge in [0.1, 0.15) is 0 Å². The number of nitrogens with zero attached hydrogens (tertiary/aromatic N) is 1. The van der Waals surface area contributed by atoms with Crippen molar-refractivity contribution >= 4 is 0 Å². The number of rotatable bonds is 3. The van der Waals surface area contributed by atoms with E-state index in [9.17, 15) is 5.11 Å². The second-order valence-corrected chi connectivity index (χ2v) is 7.66. The van der Waals surface area contributed by atoms with Crippen LogP contribution in [-0.2, 0) is 0 Å². The molecule has 2 aliphatic carbocycles. The fraction of sp³-hybridized carbons (Fsp3) is 1.00. The summed E-state index contributed by atoms with van der Waals surface area (Å²) >= 11 is 0. The van der Waals surface area contributed by atoms with Gasteiger partial charge in [-0.15, -0.1) is 0 Å². The van der Waals surface area contributed by atoms with Gasteiger partial charge >= 0.3 is 0 Å². The normalized spacial score (nSPS) is 42.3. The maximum atomic E-state index is 11.1. The molecule has 0 saturated heterocycles. The molecule has 0 aromatic heterocycles. The highest BCUT2D eigenvalue weighted by atomic mass is 16.3. The van der Waals surface area contributed by atoms with Crippen molar-refractivity contribution in [2.24, 2.45) is 17.8 Å². The molecule has 2 rings (SSSR count). The maximum Gasteiger partial charge on any atom is 0.0751 e. The van der Waals surface area contributed by atoms with E-state index >= 15 is 0 Å². The van der Waals surface area contributed by atoms with Crippen molar-refractivity contribution in [3.05, 3.63) is 0 Å². The van der Waals surface area contributed by atoms with Gasteiger partial charge in [0.05, 0.1) is 6.10 Å². The molecule has 3 atom stereocenters. The summed E-state index contributed by atoms with van der Waals surface area (Å²) in [6.45, 7) is 4.71. The zero-order valence-electron chi connectivity index (χ0n) is 13.4. The van der Waals surface area contributed by atoms with Crippen LogP contribution in [0, 0.1) is 17.8 Å². The van der Waals surface area contributed by atoms with E-state index in [1.165, 1.54) is 51.4 Å². The molecule has 2 heteroatoms. The quantitative estimate of drug-likeness (QED) is 0.843. The Morgan fingerprint density at radius 2 is 1.63 bits per heavy atom. The molecule has 3 unspecified atom stereocenters. The minimum absolute atomic E-state index is 0.0446. The van der Waals surface area contributed by atoms with Gasteiger partial charge in [0.25, 0.3) is 0 Å². The van der Waals surface area contributed by atoms with Gasteiger partial charge in [-0.05, 0) is 57.5 Å². The molecule has 0 bridgehead atoms. The molecule has 0 aromatic carbocycles. The van der Waals surface area contributed by atoms with Gasteiger partial charge in [-0.2, -0.15) is 0 Å². The molecule has 0 aliphatic heterocycles. The third-order valence-electron chi connectivity index (χ3n) is 5.96. The summed E-state index contributed by atoms with van der Waals surface area (Å²) in [5.41, 5.74) is 0.0446. The highest BCUT2D eigenvalue weighted by molar-refractivity contribution is 5.01. The molecular formula is C17H33NO. The first-order chi connectivity index (χ1) is 8.95. The Hall–Kier alpha value is -0.0800. The van der Waals surface area contributed by atoms with Crippen LogP contribution in [0.1, 0.15) is 65.2 Å². The van der Waals surface area contributed by atoms with Crippen molar-refractivity contribution in [3.63, 3.8) is 0 Å². The lowest BCUT2D eigenvalue weighted by molar-refractivity contribution is -0.0802. The smallest absolute Gasteiger partial charge is 0.0751 e. The van der Waals surface area contributed by atoms with E-state index in [-0.39, 0.29) is 11.6 Å². The summed E-state index contributed by atoms with van der Waals surface area (Å²) in [6.07, 6.45) is 9.91. The molecule has 112 valence electrons. The highest BCUT2D eigenvalue weighted by Crippen LogP contribution is 2.43. The monoisotopic (exact) mass is 267 g/mol. The van der Waals surface area contributed by atoms with Crippen LogP contribution in [0.2, 0.25) is 0 Å². The first kappa shape index (κ1) is 15.3. The fourth-order valence-corrected chi connectivity index (χ4v) is 4.54. The summed E-state index contributed by atoms with van der Waals surface area (Å²) in [6, 6.07) is 0. The van der Waals surface area contributed by atoms with Crippen molar-refractivity contribution in [2.75, 3.05) is 14.1 Å². The molecule has 0 heterocycles. The van der Waals surface area contributed by atoms with Crippen LogP contribution in [0.4, 0.5) is 0 Å².